The van der Waals surface area contributed by atoms with Crippen molar-refractivity contribution in [2.45, 2.75) is 39.3 Å². The molecule has 0 aliphatic heterocycles. The molecule has 8 heteroatoms. The minimum absolute atomic E-state index is 0.0148. The zero-order valence-corrected chi connectivity index (χ0v) is 13.6. The van der Waals surface area contributed by atoms with Crippen LogP contribution in [0.25, 0.3) is 11.2 Å². The third-order valence-electron chi connectivity index (χ3n) is 4.22. The van der Waals surface area contributed by atoms with E-state index in [0.717, 1.165) is 12.8 Å². The number of nitrogens with zero attached hydrogens (tertiary/aromatic N) is 4. The normalized spacial score (nSPS) is 11.5. The topological polar surface area (TPSA) is 106 Å². The second-order valence-corrected chi connectivity index (χ2v) is 5.62. The summed E-state index contributed by atoms with van der Waals surface area (Å²) in [5.74, 6) is -0.446. The van der Waals surface area contributed by atoms with Gasteiger partial charge in [-0.3, -0.25) is 9.13 Å². The van der Waals surface area contributed by atoms with Crippen LogP contribution in [0.4, 0.5) is 0 Å². The molecular weight excluding hydrogens is 310 g/mol. The fourth-order valence-corrected chi connectivity index (χ4v) is 2.94. The maximum absolute atomic E-state index is 13.0. The minimum atomic E-state index is -1.07. The number of hydrogen-bond acceptors (Lipinski definition) is 4. The van der Waals surface area contributed by atoms with Gasteiger partial charge in [-0.2, -0.15) is 0 Å². The first-order valence-electron chi connectivity index (χ1n) is 7.89. The second kappa shape index (κ2) is 6.31. The molecule has 8 nitrogen and oxygen atoms in total. The standard InChI is InChI=1S/C16H19N5O3/c1-3-11(4-2)21-14-12(7-10(8-19-14)15(22)23)20(16(21)24)9-13-17-5-6-18-13/h5-8,11H,3-4,9H2,1-2H3,(H,17,18)(H,22,23). The number of aromatic carboxylic acids is 1. The van der Waals surface area contributed by atoms with Crippen LogP contribution < -0.4 is 5.69 Å². The number of aromatic amines is 1. The van der Waals surface area contributed by atoms with Gasteiger partial charge in [0, 0.05) is 24.6 Å². The molecule has 3 heterocycles. The molecule has 0 bridgehead atoms. The first-order chi connectivity index (χ1) is 11.6. The fraction of sp³-hybridized carbons (Fsp3) is 0.375. The average Bonchev–Trinajstić information content (AvgIpc) is 3.18. The van der Waals surface area contributed by atoms with Crippen LogP contribution in [0, 0.1) is 0 Å². The number of pyridine rings is 1. The number of carbonyl (C=O) groups is 1. The summed E-state index contributed by atoms with van der Waals surface area (Å²) in [6, 6.07) is 1.51. The van der Waals surface area contributed by atoms with Crippen molar-refractivity contribution in [1.82, 2.24) is 24.1 Å². The quantitative estimate of drug-likeness (QED) is 0.720. The number of fused-ring (bicyclic) bond motifs is 1. The summed E-state index contributed by atoms with van der Waals surface area (Å²) in [5, 5.41) is 9.22. The summed E-state index contributed by atoms with van der Waals surface area (Å²) in [6.07, 6.45) is 6.17. The summed E-state index contributed by atoms with van der Waals surface area (Å²) in [5.41, 5.74) is 0.857. The molecule has 24 heavy (non-hydrogen) atoms. The Hall–Kier alpha value is -2.90. The maximum atomic E-state index is 13.0. The number of imidazole rings is 2. The zero-order valence-electron chi connectivity index (χ0n) is 13.6. The second-order valence-electron chi connectivity index (χ2n) is 5.62. The molecule has 0 atom stereocenters. The fourth-order valence-electron chi connectivity index (χ4n) is 2.94. The van der Waals surface area contributed by atoms with Gasteiger partial charge in [0.1, 0.15) is 5.82 Å². The molecule has 0 aromatic carbocycles. The summed E-state index contributed by atoms with van der Waals surface area (Å²) in [7, 11) is 0. The van der Waals surface area contributed by atoms with Crippen LogP contribution in [0.2, 0.25) is 0 Å². The first-order valence-corrected chi connectivity index (χ1v) is 7.89. The van der Waals surface area contributed by atoms with Crippen LogP contribution in [-0.4, -0.2) is 35.2 Å². The molecule has 0 spiro atoms. The van der Waals surface area contributed by atoms with Gasteiger partial charge in [0.05, 0.1) is 17.6 Å². The summed E-state index contributed by atoms with van der Waals surface area (Å²) in [4.78, 5) is 35.6. The molecule has 0 unspecified atom stereocenters. The highest BCUT2D eigenvalue weighted by Gasteiger charge is 2.21. The monoisotopic (exact) mass is 329 g/mol. The lowest BCUT2D eigenvalue weighted by Gasteiger charge is -2.13. The van der Waals surface area contributed by atoms with E-state index in [1.165, 1.54) is 16.8 Å². The van der Waals surface area contributed by atoms with Crippen LogP contribution in [0.1, 0.15) is 48.9 Å². The number of rotatable bonds is 6. The number of hydrogen-bond donors (Lipinski definition) is 2. The van der Waals surface area contributed by atoms with Gasteiger partial charge < -0.3 is 10.1 Å². The Kier molecular flexibility index (Phi) is 4.20. The number of carboxylic acids is 1. The van der Waals surface area contributed by atoms with E-state index in [0.29, 0.717) is 17.0 Å². The average molecular weight is 329 g/mol. The van der Waals surface area contributed by atoms with Gasteiger partial charge in [-0.15, -0.1) is 0 Å². The van der Waals surface area contributed by atoms with Crippen molar-refractivity contribution in [2.75, 3.05) is 0 Å². The van der Waals surface area contributed by atoms with Crippen molar-refractivity contribution in [3.63, 3.8) is 0 Å². The van der Waals surface area contributed by atoms with Gasteiger partial charge >= 0.3 is 11.7 Å². The van der Waals surface area contributed by atoms with E-state index >= 15 is 0 Å². The van der Waals surface area contributed by atoms with Crippen LogP contribution in [0.5, 0.6) is 0 Å². The lowest BCUT2D eigenvalue weighted by Crippen LogP contribution is -2.28. The van der Waals surface area contributed by atoms with E-state index in [2.05, 4.69) is 15.0 Å². The number of aromatic nitrogens is 5. The van der Waals surface area contributed by atoms with Gasteiger partial charge in [0.25, 0.3) is 0 Å². The Bertz CT molecular complexity index is 919. The highest BCUT2D eigenvalue weighted by atomic mass is 16.4. The number of carboxylic acid groups (broad SMARTS) is 1. The molecular formula is C16H19N5O3. The van der Waals surface area contributed by atoms with E-state index in [9.17, 15) is 14.7 Å². The molecule has 3 rings (SSSR count). The lowest BCUT2D eigenvalue weighted by molar-refractivity contribution is 0.0696. The smallest absolute Gasteiger partial charge is 0.337 e. The molecule has 0 saturated heterocycles. The lowest BCUT2D eigenvalue weighted by atomic mass is 10.1. The minimum Gasteiger partial charge on any atom is -0.478 e. The first kappa shape index (κ1) is 16.0. The molecule has 2 N–H and O–H groups in total. The Balaban J connectivity index is 2.27. The van der Waals surface area contributed by atoms with Gasteiger partial charge in [-0.25, -0.2) is 19.6 Å². The van der Waals surface area contributed by atoms with Crippen LogP contribution in [-0.2, 0) is 6.54 Å². The molecule has 0 aliphatic carbocycles. The highest BCUT2D eigenvalue weighted by Crippen LogP contribution is 2.21. The van der Waals surface area contributed by atoms with Gasteiger partial charge in [-0.1, -0.05) is 13.8 Å². The van der Waals surface area contributed by atoms with E-state index in [1.54, 1.807) is 17.0 Å². The van der Waals surface area contributed by atoms with Crippen LogP contribution in [0.3, 0.4) is 0 Å². The van der Waals surface area contributed by atoms with Crippen LogP contribution >= 0.6 is 0 Å². The molecule has 0 amide bonds. The number of nitrogens with one attached hydrogen (secondary N) is 1. The predicted octanol–water partition coefficient (Wildman–Crippen LogP) is 2.03. The van der Waals surface area contributed by atoms with E-state index in [4.69, 9.17) is 0 Å². The SMILES string of the molecule is CCC(CC)n1c(=O)n(Cc2ncc[nH]2)c2cc(C(=O)O)cnc21. The van der Waals surface area contributed by atoms with Crippen molar-refractivity contribution in [3.05, 3.63) is 46.5 Å². The zero-order chi connectivity index (χ0) is 17.3. The van der Waals surface area contributed by atoms with E-state index in [1.807, 2.05) is 13.8 Å². The Labute approximate surface area is 137 Å². The van der Waals surface area contributed by atoms with Crippen molar-refractivity contribution < 1.29 is 9.90 Å². The summed E-state index contributed by atoms with van der Waals surface area (Å²) < 4.78 is 3.18. The molecule has 0 radical (unpaired) electrons. The largest absolute Gasteiger partial charge is 0.478 e. The molecule has 0 fully saturated rings. The maximum Gasteiger partial charge on any atom is 0.337 e. The molecule has 126 valence electrons. The molecule has 3 aromatic heterocycles. The third kappa shape index (κ3) is 2.60. The third-order valence-corrected chi connectivity index (χ3v) is 4.22. The van der Waals surface area contributed by atoms with E-state index < -0.39 is 5.97 Å². The summed E-state index contributed by atoms with van der Waals surface area (Å²) >= 11 is 0. The van der Waals surface area contributed by atoms with Gasteiger partial charge in [0.2, 0.25) is 0 Å². The van der Waals surface area contributed by atoms with Gasteiger partial charge in [-0.05, 0) is 18.9 Å². The van der Waals surface area contributed by atoms with E-state index in [-0.39, 0.29) is 23.8 Å². The number of H-pyrrole nitrogens is 1. The summed E-state index contributed by atoms with van der Waals surface area (Å²) in [6.45, 7) is 4.27. The van der Waals surface area contributed by atoms with Crippen LogP contribution in [0.15, 0.2) is 29.5 Å². The Morgan fingerprint density at radius 3 is 2.67 bits per heavy atom. The Morgan fingerprint density at radius 1 is 1.33 bits per heavy atom. The predicted molar refractivity (Wildman–Crippen MR) is 88.3 cm³/mol. The van der Waals surface area contributed by atoms with Crippen molar-refractivity contribution in [1.29, 1.82) is 0 Å². The van der Waals surface area contributed by atoms with Crippen molar-refractivity contribution in [3.8, 4) is 0 Å². The molecule has 0 saturated carbocycles. The molecule has 0 aliphatic rings. The van der Waals surface area contributed by atoms with Gasteiger partial charge in [0.15, 0.2) is 5.65 Å². The molecule has 3 aromatic rings. The van der Waals surface area contributed by atoms with Crippen molar-refractivity contribution >= 4 is 17.1 Å². The van der Waals surface area contributed by atoms with Crippen molar-refractivity contribution in [2.24, 2.45) is 0 Å². The Morgan fingerprint density at radius 2 is 2.08 bits per heavy atom. The highest BCUT2D eigenvalue weighted by molar-refractivity contribution is 5.91.